The summed E-state index contributed by atoms with van der Waals surface area (Å²) >= 11 is 6.16. The predicted octanol–water partition coefficient (Wildman–Crippen LogP) is 4.79. The molecule has 1 fully saturated rings. The third kappa shape index (κ3) is 2.48. The van der Waals surface area contributed by atoms with E-state index in [2.05, 4.69) is 48.6 Å². The normalized spacial score (nSPS) is 16.1. The van der Waals surface area contributed by atoms with Crippen molar-refractivity contribution in [1.82, 2.24) is 0 Å². The first-order chi connectivity index (χ1) is 9.21. The highest BCUT2D eigenvalue weighted by Crippen LogP contribution is 2.48. The number of hydrogen-bond donors (Lipinski definition) is 1. The largest absolute Gasteiger partial charge is 0.384 e. The van der Waals surface area contributed by atoms with Crippen molar-refractivity contribution in [3.8, 4) is 0 Å². The lowest BCUT2D eigenvalue weighted by molar-refractivity contribution is 0.732. The number of halogens is 1. The number of hydrogen-bond acceptors (Lipinski definition) is 1. The maximum atomic E-state index is 6.16. The summed E-state index contributed by atoms with van der Waals surface area (Å²) in [5.74, 6) is 0. The van der Waals surface area contributed by atoms with E-state index in [1.54, 1.807) is 0 Å². The molecule has 0 amide bonds. The third-order valence-electron chi connectivity index (χ3n) is 4.12. The summed E-state index contributed by atoms with van der Waals surface area (Å²) in [6, 6.07) is 16.8. The number of rotatable bonds is 4. The molecule has 0 radical (unpaired) electrons. The van der Waals surface area contributed by atoms with Crippen LogP contribution in [-0.4, -0.2) is 6.54 Å². The molecular formula is C17H18ClN. The maximum Gasteiger partial charge on any atom is 0.0455 e. The molecule has 1 N–H and O–H groups in total. The predicted molar refractivity (Wildman–Crippen MR) is 82.0 cm³/mol. The molecule has 0 bridgehead atoms. The van der Waals surface area contributed by atoms with E-state index in [0.717, 1.165) is 22.8 Å². The van der Waals surface area contributed by atoms with Gasteiger partial charge in [0.05, 0.1) is 0 Å². The molecule has 0 aliphatic heterocycles. The van der Waals surface area contributed by atoms with Gasteiger partial charge in [-0.05, 0) is 43.0 Å². The third-order valence-corrected chi connectivity index (χ3v) is 4.53. The van der Waals surface area contributed by atoms with Gasteiger partial charge in [0.2, 0.25) is 0 Å². The van der Waals surface area contributed by atoms with Gasteiger partial charge in [-0.15, -0.1) is 0 Å². The van der Waals surface area contributed by atoms with E-state index in [1.807, 2.05) is 12.1 Å². The van der Waals surface area contributed by atoms with Gasteiger partial charge in [-0.25, -0.2) is 0 Å². The van der Waals surface area contributed by atoms with Crippen LogP contribution in [0.1, 0.15) is 24.0 Å². The Balaban J connectivity index is 1.75. The van der Waals surface area contributed by atoms with Crippen LogP contribution in [0.2, 0.25) is 5.02 Å². The van der Waals surface area contributed by atoms with Gasteiger partial charge in [-0.3, -0.25) is 0 Å². The molecule has 98 valence electrons. The molecule has 0 heterocycles. The van der Waals surface area contributed by atoms with E-state index in [0.29, 0.717) is 5.41 Å². The minimum absolute atomic E-state index is 0.329. The fourth-order valence-electron chi connectivity index (χ4n) is 2.57. The first kappa shape index (κ1) is 12.6. The lowest BCUT2D eigenvalue weighted by atomic mass is 9.96. The van der Waals surface area contributed by atoms with E-state index in [-0.39, 0.29) is 0 Å². The van der Waals surface area contributed by atoms with Crippen molar-refractivity contribution in [2.75, 3.05) is 11.9 Å². The second-order valence-corrected chi connectivity index (χ2v) is 5.82. The van der Waals surface area contributed by atoms with Crippen LogP contribution < -0.4 is 5.32 Å². The molecule has 1 nitrogen and oxygen atoms in total. The topological polar surface area (TPSA) is 12.0 Å². The zero-order valence-electron chi connectivity index (χ0n) is 11.1. The van der Waals surface area contributed by atoms with Gasteiger partial charge in [-0.1, -0.05) is 48.0 Å². The van der Waals surface area contributed by atoms with E-state index >= 15 is 0 Å². The second-order valence-electron chi connectivity index (χ2n) is 5.41. The Labute approximate surface area is 119 Å². The van der Waals surface area contributed by atoms with Crippen LogP contribution in [0.3, 0.4) is 0 Å². The van der Waals surface area contributed by atoms with Gasteiger partial charge in [0.25, 0.3) is 0 Å². The summed E-state index contributed by atoms with van der Waals surface area (Å²) in [6.07, 6.45) is 2.53. The fourth-order valence-corrected chi connectivity index (χ4v) is 2.75. The first-order valence-corrected chi connectivity index (χ1v) is 7.14. The molecule has 3 rings (SSSR count). The van der Waals surface area contributed by atoms with E-state index in [1.165, 1.54) is 18.4 Å². The Hall–Kier alpha value is -1.47. The molecule has 0 spiro atoms. The monoisotopic (exact) mass is 271 g/mol. The summed E-state index contributed by atoms with van der Waals surface area (Å²) in [6.45, 7) is 3.05. The average molecular weight is 272 g/mol. The quantitative estimate of drug-likeness (QED) is 0.843. The Kier molecular flexibility index (Phi) is 3.24. The molecule has 0 saturated heterocycles. The van der Waals surface area contributed by atoms with Gasteiger partial charge in [-0.2, -0.15) is 0 Å². The molecule has 2 aromatic rings. The van der Waals surface area contributed by atoms with Crippen molar-refractivity contribution in [1.29, 1.82) is 0 Å². The van der Waals surface area contributed by atoms with Crippen molar-refractivity contribution in [2.24, 2.45) is 0 Å². The molecule has 2 heteroatoms. The first-order valence-electron chi connectivity index (χ1n) is 6.76. The summed E-state index contributed by atoms with van der Waals surface area (Å²) in [7, 11) is 0. The zero-order chi connectivity index (χ0) is 13.3. The molecular weight excluding hydrogens is 254 g/mol. The van der Waals surface area contributed by atoms with E-state index in [4.69, 9.17) is 11.6 Å². The fraction of sp³-hybridized carbons (Fsp3) is 0.294. The molecule has 0 aromatic heterocycles. The Morgan fingerprint density at radius 2 is 1.79 bits per heavy atom. The van der Waals surface area contributed by atoms with Gasteiger partial charge in [0.15, 0.2) is 0 Å². The van der Waals surface area contributed by atoms with Crippen LogP contribution in [0, 0.1) is 6.92 Å². The van der Waals surface area contributed by atoms with E-state index in [9.17, 15) is 0 Å². The highest BCUT2D eigenvalue weighted by molar-refractivity contribution is 6.31. The molecule has 1 aliphatic rings. The van der Waals surface area contributed by atoms with Crippen molar-refractivity contribution in [3.63, 3.8) is 0 Å². The van der Waals surface area contributed by atoms with Crippen LogP contribution >= 0.6 is 11.6 Å². The van der Waals surface area contributed by atoms with Crippen LogP contribution in [0.25, 0.3) is 0 Å². The van der Waals surface area contributed by atoms with Gasteiger partial charge >= 0.3 is 0 Å². The highest BCUT2D eigenvalue weighted by atomic mass is 35.5. The highest BCUT2D eigenvalue weighted by Gasteiger charge is 2.43. The van der Waals surface area contributed by atoms with Crippen molar-refractivity contribution in [2.45, 2.75) is 25.2 Å². The summed E-state index contributed by atoms with van der Waals surface area (Å²) in [5.41, 5.74) is 4.06. The van der Waals surface area contributed by atoms with Crippen molar-refractivity contribution in [3.05, 3.63) is 64.7 Å². The molecule has 1 aliphatic carbocycles. The second kappa shape index (κ2) is 4.90. The summed E-state index contributed by atoms with van der Waals surface area (Å²) < 4.78 is 0. The molecule has 1 saturated carbocycles. The minimum Gasteiger partial charge on any atom is -0.384 e. The van der Waals surface area contributed by atoms with Crippen LogP contribution in [-0.2, 0) is 5.41 Å². The van der Waals surface area contributed by atoms with Crippen molar-refractivity contribution >= 4 is 17.3 Å². The summed E-state index contributed by atoms with van der Waals surface area (Å²) in [5, 5.41) is 4.40. The average Bonchev–Trinajstić information content (AvgIpc) is 3.23. The van der Waals surface area contributed by atoms with Crippen LogP contribution in [0.4, 0.5) is 5.69 Å². The summed E-state index contributed by atoms with van der Waals surface area (Å²) in [4.78, 5) is 0. The lowest BCUT2D eigenvalue weighted by Gasteiger charge is -2.18. The van der Waals surface area contributed by atoms with Crippen LogP contribution in [0.15, 0.2) is 48.5 Å². The Morgan fingerprint density at radius 3 is 2.47 bits per heavy atom. The standard InChI is InChI=1S/C17H18ClN/c1-13-15(18)8-5-9-16(13)19-12-17(10-11-17)14-6-3-2-4-7-14/h2-9,19H,10-12H2,1H3. The number of anilines is 1. The molecule has 19 heavy (non-hydrogen) atoms. The van der Waals surface area contributed by atoms with Crippen molar-refractivity contribution < 1.29 is 0 Å². The zero-order valence-corrected chi connectivity index (χ0v) is 11.9. The van der Waals surface area contributed by atoms with E-state index < -0.39 is 0 Å². The SMILES string of the molecule is Cc1c(Cl)cccc1NCC1(c2ccccc2)CC1. The molecule has 2 aromatic carbocycles. The minimum atomic E-state index is 0.329. The van der Waals surface area contributed by atoms with Gasteiger partial charge < -0.3 is 5.32 Å². The number of nitrogens with one attached hydrogen (secondary N) is 1. The Morgan fingerprint density at radius 1 is 1.05 bits per heavy atom. The molecule has 0 atom stereocenters. The maximum absolute atomic E-state index is 6.16. The van der Waals surface area contributed by atoms with Gasteiger partial charge in [0, 0.05) is 22.7 Å². The van der Waals surface area contributed by atoms with Crippen LogP contribution in [0.5, 0.6) is 0 Å². The molecule has 0 unspecified atom stereocenters. The lowest BCUT2D eigenvalue weighted by Crippen LogP contribution is -2.19. The Bertz CT molecular complexity index is 573. The number of benzene rings is 2. The smallest absolute Gasteiger partial charge is 0.0455 e. The van der Waals surface area contributed by atoms with Gasteiger partial charge in [0.1, 0.15) is 0 Å².